The van der Waals surface area contributed by atoms with E-state index in [1.807, 2.05) is 12.1 Å². The number of benzene rings is 1. The Labute approximate surface area is 121 Å². The van der Waals surface area contributed by atoms with Crippen molar-refractivity contribution in [3.63, 3.8) is 0 Å². The second kappa shape index (κ2) is 9.37. The van der Waals surface area contributed by atoms with Crippen molar-refractivity contribution < 1.29 is 9.53 Å². The third kappa shape index (κ3) is 6.06. The Balaban J connectivity index is 2.28. The first-order valence-corrected chi connectivity index (χ1v) is 7.39. The number of carbonyl (C=O) groups excluding carboxylic acids is 1. The second-order valence-corrected chi connectivity index (χ2v) is 5.07. The predicted molar refractivity (Wildman–Crippen MR) is 83.6 cm³/mol. The van der Waals surface area contributed by atoms with Gasteiger partial charge in [0.1, 0.15) is 6.61 Å². The highest BCUT2D eigenvalue weighted by Gasteiger charge is 2.09. The van der Waals surface area contributed by atoms with Crippen molar-refractivity contribution in [2.75, 3.05) is 24.3 Å². The number of rotatable bonds is 9. The predicted octanol–water partition coefficient (Wildman–Crippen LogP) is 3.44. The molecule has 1 aromatic rings. The molecule has 0 heterocycles. The van der Waals surface area contributed by atoms with Crippen molar-refractivity contribution in [2.24, 2.45) is 5.92 Å². The van der Waals surface area contributed by atoms with Crippen molar-refractivity contribution in [2.45, 2.75) is 39.5 Å². The van der Waals surface area contributed by atoms with Gasteiger partial charge in [0.15, 0.2) is 0 Å². The lowest BCUT2D eigenvalue weighted by molar-refractivity contribution is -0.121. The number of hydrogen-bond acceptors (Lipinski definition) is 3. The Morgan fingerprint density at radius 3 is 2.75 bits per heavy atom. The summed E-state index contributed by atoms with van der Waals surface area (Å²) >= 11 is 0. The number of hydrogen-bond donors (Lipinski definition) is 2. The maximum atomic E-state index is 11.8. The van der Waals surface area contributed by atoms with Gasteiger partial charge in [-0.2, -0.15) is 0 Å². The minimum Gasteiger partial charge on any atom is -0.397 e. The zero-order valence-electron chi connectivity index (χ0n) is 12.5. The Bertz CT molecular complexity index is 407. The SMILES string of the molecule is CCCCC(CC)COCC(=O)Nc1ccccc1N. The van der Waals surface area contributed by atoms with Crippen molar-refractivity contribution >= 4 is 17.3 Å². The first-order valence-electron chi connectivity index (χ1n) is 7.39. The standard InChI is InChI=1S/C16H26N2O2/c1-3-5-8-13(4-2)11-20-12-16(19)18-15-10-7-6-9-14(15)17/h6-7,9-10,13H,3-5,8,11-12,17H2,1-2H3,(H,18,19). The molecule has 1 amide bonds. The van der Waals surface area contributed by atoms with Crippen LogP contribution in [0.4, 0.5) is 11.4 Å². The first-order chi connectivity index (χ1) is 9.67. The van der Waals surface area contributed by atoms with E-state index in [0.717, 1.165) is 6.42 Å². The highest BCUT2D eigenvalue weighted by molar-refractivity contribution is 5.94. The Morgan fingerprint density at radius 2 is 2.10 bits per heavy atom. The van der Waals surface area contributed by atoms with Crippen LogP contribution in [-0.2, 0) is 9.53 Å². The zero-order valence-corrected chi connectivity index (χ0v) is 12.5. The summed E-state index contributed by atoms with van der Waals surface area (Å²) in [7, 11) is 0. The van der Waals surface area contributed by atoms with Gasteiger partial charge in [0.2, 0.25) is 5.91 Å². The number of nitrogen functional groups attached to an aromatic ring is 1. The third-order valence-electron chi connectivity index (χ3n) is 3.36. The minimum absolute atomic E-state index is 0.0803. The summed E-state index contributed by atoms with van der Waals surface area (Å²) in [5.41, 5.74) is 6.97. The van der Waals surface area contributed by atoms with E-state index in [9.17, 15) is 4.79 Å². The van der Waals surface area contributed by atoms with E-state index in [1.165, 1.54) is 19.3 Å². The molecule has 4 nitrogen and oxygen atoms in total. The van der Waals surface area contributed by atoms with Gasteiger partial charge in [-0.15, -0.1) is 0 Å². The van der Waals surface area contributed by atoms with Crippen LogP contribution in [0.25, 0.3) is 0 Å². The molecular formula is C16H26N2O2. The highest BCUT2D eigenvalue weighted by atomic mass is 16.5. The summed E-state index contributed by atoms with van der Waals surface area (Å²) in [5, 5.41) is 2.76. The fourth-order valence-corrected chi connectivity index (χ4v) is 2.01. The fraction of sp³-hybridized carbons (Fsp3) is 0.562. The van der Waals surface area contributed by atoms with Gasteiger partial charge >= 0.3 is 0 Å². The summed E-state index contributed by atoms with van der Waals surface area (Å²) in [6, 6.07) is 7.21. The van der Waals surface area contributed by atoms with Gasteiger partial charge in [0.05, 0.1) is 18.0 Å². The molecule has 1 atom stereocenters. The Morgan fingerprint density at radius 1 is 1.35 bits per heavy atom. The number of carbonyl (C=O) groups is 1. The number of nitrogens with two attached hydrogens (primary N) is 1. The number of unbranched alkanes of at least 4 members (excludes halogenated alkanes) is 1. The number of anilines is 2. The Hall–Kier alpha value is -1.55. The summed E-state index contributed by atoms with van der Waals surface area (Å²) in [6.45, 7) is 5.07. The average molecular weight is 278 g/mol. The molecule has 0 aliphatic rings. The quantitative estimate of drug-likeness (QED) is 0.680. The first kappa shape index (κ1) is 16.5. The lowest BCUT2D eigenvalue weighted by Crippen LogP contribution is -2.21. The maximum Gasteiger partial charge on any atom is 0.250 e. The van der Waals surface area contributed by atoms with Gasteiger partial charge in [-0.3, -0.25) is 4.79 Å². The molecule has 0 saturated carbocycles. The minimum atomic E-state index is -0.159. The second-order valence-electron chi connectivity index (χ2n) is 5.07. The van der Waals surface area contributed by atoms with Crippen LogP contribution >= 0.6 is 0 Å². The van der Waals surface area contributed by atoms with Crippen LogP contribution in [0.2, 0.25) is 0 Å². The van der Waals surface area contributed by atoms with Crippen molar-refractivity contribution in [1.29, 1.82) is 0 Å². The Kier molecular flexibility index (Phi) is 7.73. The molecule has 0 saturated heterocycles. The van der Waals surface area contributed by atoms with Gasteiger partial charge in [0.25, 0.3) is 0 Å². The van der Waals surface area contributed by atoms with Gasteiger partial charge in [0, 0.05) is 0 Å². The van der Waals surface area contributed by atoms with E-state index < -0.39 is 0 Å². The maximum absolute atomic E-state index is 11.8. The fourth-order valence-electron chi connectivity index (χ4n) is 2.01. The van der Waals surface area contributed by atoms with Gasteiger partial charge < -0.3 is 15.8 Å². The lowest BCUT2D eigenvalue weighted by atomic mass is 10.0. The summed E-state index contributed by atoms with van der Waals surface area (Å²) in [6.07, 6.45) is 4.67. The van der Waals surface area contributed by atoms with Crippen molar-refractivity contribution in [1.82, 2.24) is 0 Å². The summed E-state index contributed by atoms with van der Waals surface area (Å²) in [4.78, 5) is 11.8. The average Bonchev–Trinajstić information content (AvgIpc) is 2.45. The van der Waals surface area contributed by atoms with E-state index >= 15 is 0 Å². The van der Waals surface area contributed by atoms with Crippen LogP contribution in [0.15, 0.2) is 24.3 Å². The van der Waals surface area contributed by atoms with Crippen LogP contribution in [0.5, 0.6) is 0 Å². The van der Waals surface area contributed by atoms with Crippen LogP contribution in [-0.4, -0.2) is 19.1 Å². The highest BCUT2D eigenvalue weighted by Crippen LogP contribution is 2.16. The lowest BCUT2D eigenvalue weighted by Gasteiger charge is -2.14. The topological polar surface area (TPSA) is 64.3 Å². The van der Waals surface area contributed by atoms with Gasteiger partial charge in [-0.25, -0.2) is 0 Å². The monoisotopic (exact) mass is 278 g/mol. The normalized spacial score (nSPS) is 12.1. The van der Waals surface area contributed by atoms with E-state index in [4.69, 9.17) is 10.5 Å². The number of para-hydroxylation sites is 2. The molecule has 0 fully saturated rings. The van der Waals surface area contributed by atoms with E-state index in [-0.39, 0.29) is 12.5 Å². The molecule has 112 valence electrons. The van der Waals surface area contributed by atoms with Crippen LogP contribution < -0.4 is 11.1 Å². The molecule has 0 bridgehead atoms. The van der Waals surface area contributed by atoms with Crippen LogP contribution in [0.3, 0.4) is 0 Å². The molecule has 1 rings (SSSR count). The van der Waals surface area contributed by atoms with Crippen LogP contribution in [0, 0.1) is 5.92 Å². The van der Waals surface area contributed by atoms with E-state index in [1.54, 1.807) is 12.1 Å². The van der Waals surface area contributed by atoms with E-state index in [2.05, 4.69) is 19.2 Å². The molecule has 0 spiro atoms. The van der Waals surface area contributed by atoms with Crippen molar-refractivity contribution in [3.8, 4) is 0 Å². The zero-order chi connectivity index (χ0) is 14.8. The molecule has 0 aliphatic carbocycles. The molecule has 0 radical (unpaired) electrons. The number of nitrogens with one attached hydrogen (secondary N) is 1. The molecule has 0 aliphatic heterocycles. The van der Waals surface area contributed by atoms with Crippen molar-refractivity contribution in [3.05, 3.63) is 24.3 Å². The molecule has 4 heteroatoms. The third-order valence-corrected chi connectivity index (χ3v) is 3.36. The molecule has 1 unspecified atom stereocenters. The summed E-state index contributed by atoms with van der Waals surface area (Å²) in [5.74, 6) is 0.387. The molecule has 20 heavy (non-hydrogen) atoms. The molecule has 3 N–H and O–H groups in total. The number of amides is 1. The van der Waals surface area contributed by atoms with E-state index in [0.29, 0.717) is 23.9 Å². The molecule has 1 aromatic carbocycles. The van der Waals surface area contributed by atoms with Crippen LogP contribution in [0.1, 0.15) is 39.5 Å². The molecular weight excluding hydrogens is 252 g/mol. The van der Waals surface area contributed by atoms with Gasteiger partial charge in [-0.1, -0.05) is 45.2 Å². The van der Waals surface area contributed by atoms with Gasteiger partial charge in [-0.05, 0) is 24.5 Å². The number of ether oxygens (including phenoxy) is 1. The molecule has 0 aromatic heterocycles. The smallest absolute Gasteiger partial charge is 0.250 e. The largest absolute Gasteiger partial charge is 0.397 e. The summed E-state index contributed by atoms with van der Waals surface area (Å²) < 4.78 is 5.50.